The van der Waals surface area contributed by atoms with Crippen LogP contribution < -0.4 is 9.47 Å². The maximum absolute atomic E-state index is 10.3. The molecule has 4 nitrogen and oxygen atoms in total. The van der Waals surface area contributed by atoms with E-state index in [1.807, 2.05) is 18.2 Å². The van der Waals surface area contributed by atoms with Gasteiger partial charge in [-0.1, -0.05) is 88.2 Å². The fraction of sp³-hybridized carbons (Fsp3) is 0.355. The summed E-state index contributed by atoms with van der Waals surface area (Å²) in [5, 5.41) is 20.5. The Hall–Kier alpha value is -3.76. The smallest absolute Gasteiger partial charge is 0.143 e. The molecule has 3 aromatic carbocycles. The topological polar surface area (TPSA) is 66.0 Å². The molecule has 3 aromatic rings. The molecule has 0 spiro atoms. The van der Waals surface area contributed by atoms with Gasteiger partial charge in [0.1, 0.15) is 34.8 Å². The lowest BCUT2D eigenvalue weighted by molar-refractivity contribution is 0.292. The van der Waals surface area contributed by atoms with Crippen molar-refractivity contribution in [2.75, 3.05) is 13.2 Å². The Balaban J connectivity index is 2.09. The van der Waals surface area contributed by atoms with Gasteiger partial charge in [0.25, 0.3) is 0 Å². The van der Waals surface area contributed by atoms with Gasteiger partial charge in [0, 0.05) is 23.0 Å². The quantitative estimate of drug-likeness (QED) is 0.309. The Morgan fingerprint density at radius 3 is 1.77 bits per heavy atom. The average molecular weight is 465 g/mol. The molecule has 1 aliphatic carbocycles. The van der Waals surface area contributed by atoms with Crippen LogP contribution in [-0.4, -0.2) is 13.2 Å². The van der Waals surface area contributed by atoms with Gasteiger partial charge in [0.05, 0.1) is 13.2 Å². The molecule has 35 heavy (non-hydrogen) atoms. The summed E-state index contributed by atoms with van der Waals surface area (Å²) in [6.07, 6.45) is 3.72. The van der Waals surface area contributed by atoms with Crippen LogP contribution in [0.3, 0.4) is 0 Å². The summed E-state index contributed by atoms with van der Waals surface area (Å²) < 4.78 is 12.7. The molecule has 0 fully saturated rings. The van der Waals surface area contributed by atoms with Gasteiger partial charge in [-0.2, -0.15) is 10.5 Å². The van der Waals surface area contributed by atoms with Crippen LogP contribution in [0.25, 0.3) is 0 Å². The third kappa shape index (κ3) is 4.50. The molecule has 0 radical (unpaired) electrons. The van der Waals surface area contributed by atoms with E-state index < -0.39 is 0 Å². The first kappa shape index (κ1) is 24.4. The van der Waals surface area contributed by atoms with E-state index in [0.29, 0.717) is 24.7 Å². The van der Waals surface area contributed by atoms with E-state index in [2.05, 4.69) is 69.3 Å². The minimum Gasteiger partial charge on any atom is -0.492 e. The number of fused-ring (bicyclic) bond motifs is 2. The van der Waals surface area contributed by atoms with Gasteiger partial charge in [0.15, 0.2) is 0 Å². The van der Waals surface area contributed by atoms with Crippen molar-refractivity contribution in [1.29, 1.82) is 10.5 Å². The van der Waals surface area contributed by atoms with Gasteiger partial charge in [-0.3, -0.25) is 0 Å². The molecular formula is C31H32N2O2. The van der Waals surface area contributed by atoms with Crippen molar-refractivity contribution < 1.29 is 9.47 Å². The molecule has 0 N–H and O–H groups in total. The van der Waals surface area contributed by atoms with Crippen molar-refractivity contribution in [1.82, 2.24) is 0 Å². The molecular weight excluding hydrogens is 432 g/mol. The second-order valence-electron chi connectivity index (χ2n) is 9.06. The molecule has 0 aliphatic heterocycles. The number of hydrogen-bond donors (Lipinski definition) is 0. The molecule has 2 unspecified atom stereocenters. The molecule has 0 saturated carbocycles. The normalized spacial score (nSPS) is 15.9. The molecule has 0 amide bonds. The Morgan fingerprint density at radius 2 is 1.23 bits per heavy atom. The standard InChI is InChI=1S/C31H32N2O2/c1-4-6-17-34-30-25(19-32)26(20-33)31(35-18-7-5-2)29-27(30)21(3)23-15-11-12-16-24(23)28(29)22-13-9-8-10-14-22/h8-16,21,28H,4-7,17-18H2,1-3H3. The van der Waals surface area contributed by atoms with Crippen LogP contribution in [0.1, 0.15) is 97.2 Å². The Labute approximate surface area is 208 Å². The number of benzene rings is 3. The van der Waals surface area contributed by atoms with Crippen LogP contribution in [0.5, 0.6) is 11.5 Å². The van der Waals surface area contributed by atoms with Gasteiger partial charge in [0.2, 0.25) is 0 Å². The minimum atomic E-state index is -0.122. The summed E-state index contributed by atoms with van der Waals surface area (Å²) >= 11 is 0. The van der Waals surface area contributed by atoms with Crippen LogP contribution in [0.4, 0.5) is 0 Å². The SMILES string of the molecule is CCCCOc1c(C#N)c(C#N)c(OCCCC)c2c1C(C)c1ccccc1C2c1ccccc1. The predicted molar refractivity (Wildman–Crippen MR) is 138 cm³/mol. The van der Waals surface area contributed by atoms with Gasteiger partial charge in [-0.15, -0.1) is 0 Å². The van der Waals surface area contributed by atoms with Gasteiger partial charge in [-0.25, -0.2) is 0 Å². The summed E-state index contributed by atoms with van der Waals surface area (Å²) in [5.41, 5.74) is 6.03. The van der Waals surface area contributed by atoms with E-state index in [-0.39, 0.29) is 23.0 Å². The zero-order valence-corrected chi connectivity index (χ0v) is 20.8. The largest absolute Gasteiger partial charge is 0.492 e. The summed E-state index contributed by atoms with van der Waals surface area (Å²) in [4.78, 5) is 0. The van der Waals surface area contributed by atoms with E-state index in [1.165, 1.54) is 11.1 Å². The van der Waals surface area contributed by atoms with E-state index in [0.717, 1.165) is 42.4 Å². The zero-order chi connectivity index (χ0) is 24.8. The highest BCUT2D eigenvalue weighted by Crippen LogP contribution is 2.54. The van der Waals surface area contributed by atoms with Crippen molar-refractivity contribution in [2.45, 2.75) is 58.3 Å². The molecule has 4 rings (SSSR count). The van der Waals surface area contributed by atoms with Gasteiger partial charge < -0.3 is 9.47 Å². The fourth-order valence-electron chi connectivity index (χ4n) is 5.08. The number of hydrogen-bond acceptors (Lipinski definition) is 4. The highest BCUT2D eigenvalue weighted by atomic mass is 16.5. The molecule has 178 valence electrons. The van der Waals surface area contributed by atoms with Crippen LogP contribution in [-0.2, 0) is 0 Å². The molecule has 0 saturated heterocycles. The second kappa shape index (κ2) is 11.1. The first-order chi connectivity index (χ1) is 17.2. The summed E-state index contributed by atoms with van der Waals surface area (Å²) in [5.74, 6) is 0.943. The number of nitriles is 2. The highest BCUT2D eigenvalue weighted by molar-refractivity contribution is 5.74. The summed E-state index contributed by atoms with van der Waals surface area (Å²) in [6, 6.07) is 23.4. The monoisotopic (exact) mass is 464 g/mol. The molecule has 0 aromatic heterocycles. The molecule has 2 atom stereocenters. The zero-order valence-electron chi connectivity index (χ0n) is 20.8. The van der Waals surface area contributed by atoms with E-state index in [9.17, 15) is 10.5 Å². The lowest BCUT2D eigenvalue weighted by Gasteiger charge is -2.36. The van der Waals surface area contributed by atoms with E-state index in [1.54, 1.807) is 0 Å². The van der Waals surface area contributed by atoms with Crippen LogP contribution in [0.15, 0.2) is 54.6 Å². The molecule has 4 heteroatoms. The third-order valence-electron chi connectivity index (χ3n) is 6.82. The van der Waals surface area contributed by atoms with Crippen LogP contribution in [0.2, 0.25) is 0 Å². The molecule has 1 aliphatic rings. The second-order valence-corrected chi connectivity index (χ2v) is 9.06. The first-order valence-corrected chi connectivity index (χ1v) is 12.6. The maximum Gasteiger partial charge on any atom is 0.143 e. The number of nitrogens with zero attached hydrogens (tertiary/aromatic N) is 2. The summed E-state index contributed by atoms with van der Waals surface area (Å²) in [7, 11) is 0. The minimum absolute atomic E-state index is 0.00819. The van der Waals surface area contributed by atoms with Crippen LogP contribution in [0, 0.1) is 22.7 Å². The van der Waals surface area contributed by atoms with Crippen LogP contribution >= 0.6 is 0 Å². The van der Waals surface area contributed by atoms with Crippen molar-refractivity contribution in [3.05, 3.63) is 93.5 Å². The average Bonchev–Trinajstić information content (AvgIpc) is 2.90. The van der Waals surface area contributed by atoms with Gasteiger partial charge in [-0.05, 0) is 29.5 Å². The Bertz CT molecular complexity index is 1270. The molecule has 0 bridgehead atoms. The fourth-order valence-corrected chi connectivity index (χ4v) is 5.08. The molecule has 0 heterocycles. The van der Waals surface area contributed by atoms with Crippen molar-refractivity contribution >= 4 is 0 Å². The first-order valence-electron chi connectivity index (χ1n) is 12.6. The number of unbranched alkanes of at least 4 members (excludes halogenated alkanes) is 2. The maximum atomic E-state index is 10.3. The number of rotatable bonds is 9. The predicted octanol–water partition coefficient (Wildman–Crippen LogP) is 7.43. The summed E-state index contributed by atoms with van der Waals surface area (Å²) in [6.45, 7) is 7.38. The van der Waals surface area contributed by atoms with E-state index in [4.69, 9.17) is 9.47 Å². The lowest BCUT2D eigenvalue weighted by atomic mass is 9.69. The van der Waals surface area contributed by atoms with Crippen molar-refractivity contribution in [3.8, 4) is 23.6 Å². The van der Waals surface area contributed by atoms with Crippen molar-refractivity contribution in [2.24, 2.45) is 0 Å². The van der Waals surface area contributed by atoms with E-state index >= 15 is 0 Å². The third-order valence-corrected chi connectivity index (χ3v) is 6.82. The number of ether oxygens (including phenoxy) is 2. The highest BCUT2D eigenvalue weighted by Gasteiger charge is 2.39. The lowest BCUT2D eigenvalue weighted by Crippen LogP contribution is -2.22. The Morgan fingerprint density at radius 1 is 0.714 bits per heavy atom. The van der Waals surface area contributed by atoms with Gasteiger partial charge >= 0.3 is 0 Å². The Kier molecular flexibility index (Phi) is 7.74. The van der Waals surface area contributed by atoms with Crippen molar-refractivity contribution in [3.63, 3.8) is 0 Å².